The Bertz CT molecular complexity index is 497. The molecule has 1 amide bonds. The number of hydrogen-bond acceptors (Lipinski definition) is 5. The van der Waals surface area contributed by atoms with Gasteiger partial charge in [-0.25, -0.2) is 0 Å². The Balaban J connectivity index is 0.00000200. The number of rotatable bonds is 4. The van der Waals surface area contributed by atoms with E-state index in [0.29, 0.717) is 6.54 Å². The number of nitrogens with zero attached hydrogens (tertiary/aromatic N) is 2. The molecule has 20 heavy (non-hydrogen) atoms. The zero-order valence-electron chi connectivity index (χ0n) is 10.8. The number of halogens is 1. The second-order valence-corrected chi connectivity index (χ2v) is 4.61. The van der Waals surface area contributed by atoms with Crippen molar-refractivity contribution in [2.75, 3.05) is 25.0 Å². The molecule has 8 heteroatoms. The van der Waals surface area contributed by atoms with Crippen LogP contribution in [-0.4, -0.2) is 41.4 Å². The minimum absolute atomic E-state index is 0. The zero-order valence-corrected chi connectivity index (χ0v) is 11.6. The van der Waals surface area contributed by atoms with Crippen LogP contribution in [0.15, 0.2) is 24.3 Å². The monoisotopic (exact) mass is 300 g/mol. The molecule has 3 N–H and O–H groups in total. The number of hydrogen-bond donors (Lipinski definition) is 2. The lowest BCUT2D eigenvalue weighted by atomic mass is 10.2. The lowest BCUT2D eigenvalue weighted by Crippen LogP contribution is -2.33. The molecule has 1 atom stereocenters. The number of nitro groups is 1. The van der Waals surface area contributed by atoms with Gasteiger partial charge in [0.1, 0.15) is 5.69 Å². The maximum atomic E-state index is 11.8. The SMILES string of the molecule is Cl.NC1CCN(CC(=O)Nc2ccccc2[N+](=O)[O-])C1. The van der Waals surface area contributed by atoms with Crippen molar-refractivity contribution in [3.8, 4) is 0 Å². The van der Waals surface area contributed by atoms with Crippen LogP contribution in [0.4, 0.5) is 11.4 Å². The molecule has 0 saturated carbocycles. The van der Waals surface area contributed by atoms with Gasteiger partial charge in [0.2, 0.25) is 5.91 Å². The molecule has 110 valence electrons. The fourth-order valence-corrected chi connectivity index (χ4v) is 2.14. The van der Waals surface area contributed by atoms with Gasteiger partial charge in [-0.05, 0) is 12.5 Å². The number of nitrogens with one attached hydrogen (secondary N) is 1. The summed E-state index contributed by atoms with van der Waals surface area (Å²) in [6, 6.07) is 6.20. The van der Waals surface area contributed by atoms with Gasteiger partial charge in [-0.3, -0.25) is 19.8 Å². The summed E-state index contributed by atoms with van der Waals surface area (Å²) in [5, 5.41) is 13.4. The van der Waals surface area contributed by atoms with Crippen LogP contribution in [-0.2, 0) is 4.79 Å². The second-order valence-electron chi connectivity index (χ2n) is 4.61. The number of nitrogens with two attached hydrogens (primary N) is 1. The summed E-state index contributed by atoms with van der Waals surface area (Å²) >= 11 is 0. The summed E-state index contributed by atoms with van der Waals surface area (Å²) in [4.78, 5) is 24.1. The van der Waals surface area contributed by atoms with Crippen LogP contribution in [0.2, 0.25) is 0 Å². The van der Waals surface area contributed by atoms with Gasteiger partial charge in [0, 0.05) is 25.2 Å². The molecule has 1 aliphatic rings. The van der Waals surface area contributed by atoms with Crippen molar-refractivity contribution in [1.29, 1.82) is 0 Å². The largest absolute Gasteiger partial charge is 0.326 e. The first-order valence-electron chi connectivity index (χ1n) is 6.07. The number of carbonyl (C=O) groups excluding carboxylic acids is 1. The van der Waals surface area contributed by atoms with Crippen molar-refractivity contribution in [2.45, 2.75) is 12.5 Å². The number of carbonyl (C=O) groups is 1. The standard InChI is InChI=1S/C12H16N4O3.ClH/c13-9-5-6-15(7-9)8-12(17)14-10-3-1-2-4-11(10)16(18)19;/h1-4,9H,5-8,13H2,(H,14,17);1H. The summed E-state index contributed by atoms with van der Waals surface area (Å²) < 4.78 is 0. The highest BCUT2D eigenvalue weighted by molar-refractivity contribution is 5.94. The molecule has 7 nitrogen and oxygen atoms in total. The van der Waals surface area contributed by atoms with Crippen molar-refractivity contribution in [3.05, 3.63) is 34.4 Å². The van der Waals surface area contributed by atoms with Crippen LogP contribution in [0.3, 0.4) is 0 Å². The van der Waals surface area contributed by atoms with Gasteiger partial charge in [-0.1, -0.05) is 12.1 Å². The molecule has 1 fully saturated rings. The lowest BCUT2D eigenvalue weighted by Gasteiger charge is -2.14. The maximum Gasteiger partial charge on any atom is 0.292 e. The summed E-state index contributed by atoms with van der Waals surface area (Å²) in [5.41, 5.74) is 5.87. The van der Waals surface area contributed by atoms with Crippen LogP contribution in [0, 0.1) is 10.1 Å². The third-order valence-electron chi connectivity index (χ3n) is 3.05. The highest BCUT2D eigenvalue weighted by atomic mass is 35.5. The Morgan fingerprint density at radius 1 is 1.50 bits per heavy atom. The first-order chi connectivity index (χ1) is 9.06. The van der Waals surface area contributed by atoms with Crippen molar-refractivity contribution in [1.82, 2.24) is 4.90 Å². The van der Waals surface area contributed by atoms with E-state index in [4.69, 9.17) is 5.73 Å². The molecule has 1 heterocycles. The summed E-state index contributed by atoms with van der Waals surface area (Å²) in [6.45, 7) is 1.68. The molecule has 0 aromatic heterocycles. The molecule has 1 saturated heterocycles. The summed E-state index contributed by atoms with van der Waals surface area (Å²) in [6.07, 6.45) is 0.874. The van der Waals surface area contributed by atoms with E-state index in [1.165, 1.54) is 12.1 Å². The average molecular weight is 301 g/mol. The average Bonchev–Trinajstić information content (AvgIpc) is 2.75. The van der Waals surface area contributed by atoms with Crippen LogP contribution in [0.5, 0.6) is 0 Å². The zero-order chi connectivity index (χ0) is 13.8. The number of anilines is 1. The third kappa shape index (κ3) is 4.16. The van der Waals surface area contributed by atoms with Crippen molar-refractivity contribution in [2.24, 2.45) is 5.73 Å². The fraction of sp³-hybridized carbons (Fsp3) is 0.417. The van der Waals surface area contributed by atoms with Crippen LogP contribution in [0.1, 0.15) is 6.42 Å². The maximum absolute atomic E-state index is 11.8. The topological polar surface area (TPSA) is 102 Å². The molecule has 0 spiro atoms. The normalized spacial score (nSPS) is 18.4. The Morgan fingerprint density at radius 3 is 2.80 bits per heavy atom. The Hall–Kier alpha value is -1.70. The number of benzene rings is 1. The van der Waals surface area contributed by atoms with E-state index < -0.39 is 4.92 Å². The molecule has 1 unspecified atom stereocenters. The lowest BCUT2D eigenvalue weighted by molar-refractivity contribution is -0.383. The van der Waals surface area contributed by atoms with Crippen molar-refractivity contribution < 1.29 is 9.72 Å². The van der Waals surface area contributed by atoms with Crippen LogP contribution in [0.25, 0.3) is 0 Å². The van der Waals surface area contributed by atoms with Gasteiger partial charge in [-0.2, -0.15) is 0 Å². The predicted octanol–water partition coefficient (Wildman–Crippen LogP) is 0.988. The predicted molar refractivity (Wildman–Crippen MR) is 78.0 cm³/mol. The fourth-order valence-electron chi connectivity index (χ4n) is 2.14. The van der Waals surface area contributed by atoms with Gasteiger partial charge < -0.3 is 11.1 Å². The molecule has 2 rings (SSSR count). The van der Waals surface area contributed by atoms with E-state index in [-0.39, 0.29) is 42.3 Å². The summed E-state index contributed by atoms with van der Waals surface area (Å²) in [5.74, 6) is -0.261. The van der Waals surface area contributed by atoms with Crippen LogP contribution < -0.4 is 11.1 Å². The first-order valence-corrected chi connectivity index (χ1v) is 6.07. The van der Waals surface area contributed by atoms with Crippen molar-refractivity contribution in [3.63, 3.8) is 0 Å². The molecule has 1 aliphatic heterocycles. The van der Waals surface area contributed by atoms with E-state index in [9.17, 15) is 14.9 Å². The van der Waals surface area contributed by atoms with E-state index in [2.05, 4.69) is 5.32 Å². The minimum Gasteiger partial charge on any atom is -0.326 e. The molecule has 0 radical (unpaired) electrons. The molecule has 0 bridgehead atoms. The van der Waals surface area contributed by atoms with Gasteiger partial charge in [0.05, 0.1) is 11.5 Å². The van der Waals surface area contributed by atoms with Crippen molar-refractivity contribution >= 4 is 29.7 Å². The number of para-hydroxylation sites is 2. The van der Waals surface area contributed by atoms with E-state index in [0.717, 1.165) is 13.0 Å². The Labute approximate surface area is 122 Å². The third-order valence-corrected chi connectivity index (χ3v) is 3.05. The quantitative estimate of drug-likeness (QED) is 0.638. The minimum atomic E-state index is -0.513. The molecular weight excluding hydrogens is 284 g/mol. The first kappa shape index (κ1) is 16.4. The summed E-state index contributed by atoms with van der Waals surface area (Å²) in [7, 11) is 0. The Kier molecular flexibility index (Phi) is 5.87. The van der Waals surface area contributed by atoms with E-state index in [1.54, 1.807) is 12.1 Å². The highest BCUT2D eigenvalue weighted by Crippen LogP contribution is 2.23. The van der Waals surface area contributed by atoms with Gasteiger partial charge in [-0.15, -0.1) is 12.4 Å². The van der Waals surface area contributed by atoms with Gasteiger partial charge in [0.15, 0.2) is 0 Å². The Morgan fingerprint density at radius 2 is 2.20 bits per heavy atom. The smallest absolute Gasteiger partial charge is 0.292 e. The molecular formula is C12H17ClN4O3. The molecule has 1 aromatic rings. The van der Waals surface area contributed by atoms with Crippen LogP contribution >= 0.6 is 12.4 Å². The van der Waals surface area contributed by atoms with Gasteiger partial charge >= 0.3 is 0 Å². The van der Waals surface area contributed by atoms with E-state index >= 15 is 0 Å². The molecule has 0 aliphatic carbocycles. The van der Waals surface area contributed by atoms with Gasteiger partial charge in [0.25, 0.3) is 5.69 Å². The number of likely N-dealkylation sites (tertiary alicyclic amines) is 1. The molecule has 1 aromatic carbocycles. The second kappa shape index (κ2) is 7.18. The number of amides is 1. The van der Waals surface area contributed by atoms with E-state index in [1.807, 2.05) is 4.90 Å². The number of nitro benzene ring substituents is 1. The highest BCUT2D eigenvalue weighted by Gasteiger charge is 2.22.